The van der Waals surface area contributed by atoms with Gasteiger partial charge in [0.15, 0.2) is 0 Å². The summed E-state index contributed by atoms with van der Waals surface area (Å²) in [7, 11) is 0. The van der Waals surface area contributed by atoms with E-state index in [0.717, 1.165) is 12.0 Å². The Bertz CT molecular complexity index is 381. The molecule has 0 saturated carbocycles. The van der Waals surface area contributed by atoms with E-state index in [1.807, 2.05) is 44.2 Å². The minimum atomic E-state index is -0.498. The molecule has 0 saturated heterocycles. The largest absolute Gasteiger partial charge is 0.391 e. The topological polar surface area (TPSA) is 75.3 Å². The normalized spacial score (nSPS) is 15.6. The van der Waals surface area contributed by atoms with Gasteiger partial charge in [-0.25, -0.2) is 0 Å². The smallest absolute Gasteiger partial charge is 0.221 e. The summed E-state index contributed by atoms with van der Waals surface area (Å²) < 4.78 is 0. The number of aliphatic hydroxyl groups is 1. The van der Waals surface area contributed by atoms with Gasteiger partial charge in [-0.15, -0.1) is 0 Å². The zero-order valence-electron chi connectivity index (χ0n) is 11.7. The maximum atomic E-state index is 11.7. The van der Waals surface area contributed by atoms with Gasteiger partial charge in [0.25, 0.3) is 0 Å². The first-order valence-electron chi connectivity index (χ1n) is 6.79. The van der Waals surface area contributed by atoms with Crippen LogP contribution in [-0.4, -0.2) is 23.7 Å². The SMILES string of the molecule is CCC(C)C(O)CNC(=O)CC(N)c1ccccc1. The summed E-state index contributed by atoms with van der Waals surface area (Å²) in [6, 6.07) is 9.23. The molecule has 1 rings (SSSR count). The predicted molar refractivity (Wildman–Crippen MR) is 76.5 cm³/mol. The molecule has 4 nitrogen and oxygen atoms in total. The van der Waals surface area contributed by atoms with Crippen molar-refractivity contribution in [1.29, 1.82) is 0 Å². The van der Waals surface area contributed by atoms with Crippen LogP contribution in [0.2, 0.25) is 0 Å². The molecule has 0 bridgehead atoms. The van der Waals surface area contributed by atoms with Crippen molar-refractivity contribution >= 4 is 5.91 Å². The first-order valence-corrected chi connectivity index (χ1v) is 6.79. The number of benzene rings is 1. The molecule has 0 aliphatic heterocycles. The monoisotopic (exact) mass is 264 g/mol. The lowest BCUT2D eigenvalue weighted by molar-refractivity contribution is -0.122. The van der Waals surface area contributed by atoms with Crippen molar-refractivity contribution in [2.24, 2.45) is 11.7 Å². The van der Waals surface area contributed by atoms with Gasteiger partial charge in [0, 0.05) is 19.0 Å². The van der Waals surface area contributed by atoms with Crippen molar-refractivity contribution in [2.75, 3.05) is 6.54 Å². The van der Waals surface area contributed by atoms with E-state index >= 15 is 0 Å². The number of hydrogen-bond acceptors (Lipinski definition) is 3. The summed E-state index contributed by atoms with van der Waals surface area (Å²) in [6.45, 7) is 4.27. The highest BCUT2D eigenvalue weighted by Gasteiger charge is 2.15. The van der Waals surface area contributed by atoms with E-state index in [0.29, 0.717) is 0 Å². The highest BCUT2D eigenvalue weighted by Crippen LogP contribution is 2.13. The van der Waals surface area contributed by atoms with Crippen LogP contribution in [-0.2, 0) is 4.79 Å². The predicted octanol–water partition coefficient (Wildman–Crippen LogP) is 1.60. The van der Waals surface area contributed by atoms with Gasteiger partial charge in [0.05, 0.1) is 6.10 Å². The van der Waals surface area contributed by atoms with Crippen LogP contribution in [0.3, 0.4) is 0 Å². The maximum absolute atomic E-state index is 11.7. The molecule has 4 N–H and O–H groups in total. The third kappa shape index (κ3) is 5.41. The molecular weight excluding hydrogens is 240 g/mol. The summed E-state index contributed by atoms with van der Waals surface area (Å²) in [5, 5.41) is 12.5. The van der Waals surface area contributed by atoms with Gasteiger partial charge in [0.1, 0.15) is 0 Å². The minimum absolute atomic E-state index is 0.126. The van der Waals surface area contributed by atoms with Gasteiger partial charge < -0.3 is 16.2 Å². The molecule has 0 aliphatic rings. The molecule has 3 unspecified atom stereocenters. The van der Waals surface area contributed by atoms with Gasteiger partial charge in [-0.1, -0.05) is 50.6 Å². The third-order valence-electron chi connectivity index (χ3n) is 3.44. The van der Waals surface area contributed by atoms with Crippen molar-refractivity contribution in [3.8, 4) is 0 Å². The highest BCUT2D eigenvalue weighted by molar-refractivity contribution is 5.76. The molecule has 0 aliphatic carbocycles. The minimum Gasteiger partial charge on any atom is -0.391 e. The quantitative estimate of drug-likeness (QED) is 0.700. The Labute approximate surface area is 115 Å². The lowest BCUT2D eigenvalue weighted by atomic mass is 10.0. The summed E-state index contributed by atoms with van der Waals surface area (Å²) in [5.74, 6) is 0.0572. The van der Waals surface area contributed by atoms with Gasteiger partial charge in [-0.05, 0) is 11.5 Å². The standard InChI is InChI=1S/C15H24N2O2/c1-3-11(2)14(18)10-17-15(19)9-13(16)12-7-5-4-6-8-12/h4-8,11,13-14,18H,3,9-10,16H2,1-2H3,(H,17,19). The second kappa shape index (κ2) is 7.92. The van der Waals surface area contributed by atoms with Gasteiger partial charge in [-0.3, -0.25) is 4.79 Å². The van der Waals surface area contributed by atoms with Gasteiger partial charge in [-0.2, -0.15) is 0 Å². The van der Waals surface area contributed by atoms with Crippen LogP contribution in [0.1, 0.15) is 38.3 Å². The highest BCUT2D eigenvalue weighted by atomic mass is 16.3. The number of rotatable bonds is 7. The number of carbonyl (C=O) groups is 1. The van der Waals surface area contributed by atoms with Crippen LogP contribution in [0.25, 0.3) is 0 Å². The van der Waals surface area contributed by atoms with E-state index in [4.69, 9.17) is 5.73 Å². The second-order valence-electron chi connectivity index (χ2n) is 4.98. The third-order valence-corrected chi connectivity index (χ3v) is 3.44. The first kappa shape index (κ1) is 15.7. The number of hydrogen-bond donors (Lipinski definition) is 3. The maximum Gasteiger partial charge on any atom is 0.221 e. The Balaban J connectivity index is 2.35. The molecule has 4 heteroatoms. The van der Waals surface area contributed by atoms with Crippen molar-refractivity contribution in [3.05, 3.63) is 35.9 Å². The summed E-state index contributed by atoms with van der Waals surface area (Å²) in [6.07, 6.45) is 0.625. The molecule has 1 aromatic rings. The Morgan fingerprint density at radius 3 is 2.58 bits per heavy atom. The van der Waals surface area contributed by atoms with Crippen molar-refractivity contribution in [1.82, 2.24) is 5.32 Å². The zero-order valence-corrected chi connectivity index (χ0v) is 11.7. The van der Waals surface area contributed by atoms with E-state index in [9.17, 15) is 9.90 Å². The molecule has 0 heterocycles. The van der Waals surface area contributed by atoms with Crippen LogP contribution in [0.15, 0.2) is 30.3 Å². The fraction of sp³-hybridized carbons (Fsp3) is 0.533. The van der Waals surface area contributed by atoms with Crippen LogP contribution in [0.4, 0.5) is 0 Å². The lowest BCUT2D eigenvalue weighted by Crippen LogP contribution is -2.36. The molecule has 19 heavy (non-hydrogen) atoms. The fourth-order valence-electron chi connectivity index (χ4n) is 1.78. The molecule has 0 spiro atoms. The molecular formula is C15H24N2O2. The summed E-state index contributed by atoms with van der Waals surface area (Å²) >= 11 is 0. The average Bonchev–Trinajstić information content (AvgIpc) is 2.44. The van der Waals surface area contributed by atoms with E-state index in [2.05, 4.69) is 5.32 Å². The van der Waals surface area contributed by atoms with Crippen LogP contribution in [0.5, 0.6) is 0 Å². The Kier molecular flexibility index (Phi) is 6.53. The number of carbonyl (C=O) groups excluding carboxylic acids is 1. The molecule has 3 atom stereocenters. The molecule has 106 valence electrons. The van der Waals surface area contributed by atoms with Crippen LogP contribution in [0, 0.1) is 5.92 Å². The molecule has 0 radical (unpaired) electrons. The van der Waals surface area contributed by atoms with E-state index in [-0.39, 0.29) is 30.8 Å². The van der Waals surface area contributed by atoms with Gasteiger partial charge in [0.2, 0.25) is 5.91 Å². The lowest BCUT2D eigenvalue weighted by Gasteiger charge is -2.18. The molecule has 1 aromatic carbocycles. The average molecular weight is 264 g/mol. The Morgan fingerprint density at radius 2 is 2.00 bits per heavy atom. The molecule has 1 amide bonds. The van der Waals surface area contributed by atoms with Crippen molar-refractivity contribution in [3.63, 3.8) is 0 Å². The number of amides is 1. The molecule has 0 fully saturated rings. The van der Waals surface area contributed by atoms with Crippen molar-refractivity contribution < 1.29 is 9.90 Å². The van der Waals surface area contributed by atoms with Gasteiger partial charge >= 0.3 is 0 Å². The number of nitrogens with one attached hydrogen (secondary N) is 1. The molecule has 0 aromatic heterocycles. The fourth-order valence-corrected chi connectivity index (χ4v) is 1.78. The van der Waals surface area contributed by atoms with Crippen LogP contribution >= 0.6 is 0 Å². The summed E-state index contributed by atoms with van der Waals surface area (Å²) in [4.78, 5) is 11.7. The van der Waals surface area contributed by atoms with E-state index < -0.39 is 6.10 Å². The Morgan fingerprint density at radius 1 is 1.37 bits per heavy atom. The summed E-state index contributed by atoms with van der Waals surface area (Å²) in [5.41, 5.74) is 6.91. The van der Waals surface area contributed by atoms with E-state index in [1.165, 1.54) is 0 Å². The number of nitrogens with two attached hydrogens (primary N) is 1. The van der Waals surface area contributed by atoms with Crippen molar-refractivity contribution in [2.45, 2.75) is 38.8 Å². The Hall–Kier alpha value is -1.39. The van der Waals surface area contributed by atoms with E-state index in [1.54, 1.807) is 0 Å². The first-order chi connectivity index (χ1) is 9.04. The van der Waals surface area contributed by atoms with Crippen LogP contribution < -0.4 is 11.1 Å². The number of aliphatic hydroxyl groups excluding tert-OH is 1. The second-order valence-corrected chi connectivity index (χ2v) is 4.98. The zero-order chi connectivity index (χ0) is 14.3.